The molecule has 0 aliphatic carbocycles. The Bertz CT molecular complexity index is 1890. The average Bonchev–Trinajstić information content (AvgIpc) is 1.27. The summed E-state index contributed by atoms with van der Waals surface area (Å²) in [6, 6.07) is 0. The first kappa shape index (κ1) is 95.1. The van der Waals surface area contributed by atoms with E-state index in [-0.39, 0.29) is 25.7 Å². The Balaban J connectivity index is 5.27. The number of ether oxygens (including phenoxy) is 4. The van der Waals surface area contributed by atoms with E-state index in [2.05, 4.69) is 48.5 Å². The highest BCUT2D eigenvalue weighted by Crippen LogP contribution is 2.45. The molecule has 97 heavy (non-hydrogen) atoms. The van der Waals surface area contributed by atoms with Gasteiger partial charge in [0.2, 0.25) is 0 Å². The van der Waals surface area contributed by atoms with E-state index < -0.39 is 97.5 Å². The van der Waals surface area contributed by atoms with Crippen LogP contribution >= 0.6 is 15.6 Å². The molecule has 0 aromatic heterocycles. The molecule has 0 bridgehead atoms. The van der Waals surface area contributed by atoms with Crippen LogP contribution in [0.15, 0.2) is 0 Å². The third-order valence-electron chi connectivity index (χ3n) is 18.1. The first-order valence-electron chi connectivity index (χ1n) is 40.3. The normalized spacial score (nSPS) is 14.0. The van der Waals surface area contributed by atoms with E-state index in [1.54, 1.807) is 0 Å². The number of rotatable bonds is 76. The van der Waals surface area contributed by atoms with E-state index in [0.29, 0.717) is 25.7 Å². The third kappa shape index (κ3) is 72.2. The highest BCUT2D eigenvalue weighted by Gasteiger charge is 2.30. The van der Waals surface area contributed by atoms with Crippen molar-refractivity contribution in [2.24, 2.45) is 17.8 Å². The van der Waals surface area contributed by atoms with Crippen molar-refractivity contribution in [3.8, 4) is 0 Å². The quantitative estimate of drug-likeness (QED) is 0.0222. The van der Waals surface area contributed by atoms with Crippen molar-refractivity contribution in [1.29, 1.82) is 0 Å². The van der Waals surface area contributed by atoms with Gasteiger partial charge in [-0.3, -0.25) is 37.3 Å². The molecule has 0 rings (SSSR count). The summed E-state index contributed by atoms with van der Waals surface area (Å²) in [5.74, 6) is 0.177. The summed E-state index contributed by atoms with van der Waals surface area (Å²) in [5.41, 5.74) is 0. The first-order valence-corrected chi connectivity index (χ1v) is 43.3. The van der Waals surface area contributed by atoms with Crippen LogP contribution < -0.4 is 0 Å². The predicted octanol–water partition coefficient (Wildman–Crippen LogP) is 23.0. The maximum Gasteiger partial charge on any atom is 0.472 e. The monoisotopic (exact) mass is 1420 g/mol. The number of unbranched alkanes of at least 4 members (excludes halogenated alkanes) is 44. The van der Waals surface area contributed by atoms with Gasteiger partial charge in [0.15, 0.2) is 12.2 Å². The highest BCUT2D eigenvalue weighted by atomic mass is 31.2. The van der Waals surface area contributed by atoms with E-state index in [1.165, 1.54) is 212 Å². The Kier molecular flexibility index (Phi) is 67.1. The molecule has 2 unspecified atom stereocenters. The number of aliphatic hydroxyl groups is 1. The molecule has 19 heteroatoms. The van der Waals surface area contributed by atoms with Crippen LogP contribution in [0.3, 0.4) is 0 Å². The van der Waals surface area contributed by atoms with Crippen LogP contribution in [0.25, 0.3) is 0 Å². The van der Waals surface area contributed by atoms with Gasteiger partial charge >= 0.3 is 39.5 Å². The van der Waals surface area contributed by atoms with Crippen LogP contribution in [0.5, 0.6) is 0 Å². The van der Waals surface area contributed by atoms with Gasteiger partial charge in [0.05, 0.1) is 26.4 Å². The van der Waals surface area contributed by atoms with Crippen molar-refractivity contribution in [2.75, 3.05) is 39.6 Å². The fourth-order valence-corrected chi connectivity index (χ4v) is 13.5. The van der Waals surface area contributed by atoms with Gasteiger partial charge in [-0.05, 0) is 43.4 Å². The molecule has 0 fully saturated rings. The Labute approximate surface area is 594 Å². The number of phosphoric acid groups is 2. The van der Waals surface area contributed by atoms with Gasteiger partial charge in [-0.2, -0.15) is 0 Å². The van der Waals surface area contributed by atoms with Crippen molar-refractivity contribution >= 4 is 39.5 Å². The lowest BCUT2D eigenvalue weighted by Crippen LogP contribution is -2.30. The summed E-state index contributed by atoms with van der Waals surface area (Å²) in [6.45, 7) is 11.9. The lowest BCUT2D eigenvalue weighted by Gasteiger charge is -2.21. The number of carbonyl (C=O) groups is 4. The van der Waals surface area contributed by atoms with Gasteiger partial charge in [-0.1, -0.05) is 350 Å². The van der Waals surface area contributed by atoms with Crippen LogP contribution in [-0.4, -0.2) is 96.7 Å². The second kappa shape index (κ2) is 68.5. The molecule has 0 aliphatic heterocycles. The van der Waals surface area contributed by atoms with Crippen LogP contribution in [0.4, 0.5) is 0 Å². The standard InChI is InChI=1S/C78H152O17P2/c1-8-9-10-11-12-13-14-15-16-20-23-31-38-45-52-59-75(80)88-65-73(94-77(82)61-54-47-40-32-24-21-18-17-19-22-28-35-42-49-56-69(2)3)67-92-96(84,85)90-63-72(79)64-91-97(86,87)93-68-74(66-89-76(81)60-53-46-39-34-27-30-37-44-51-58-71(6)7)95-78(83)62-55-48-41-33-26-25-29-36-43-50-57-70(4)5/h69-74,79H,8-68H2,1-7H3,(H,84,85)(H,86,87)/t72-,73-,74-/m1/s1. The maximum atomic E-state index is 13.1. The van der Waals surface area contributed by atoms with Gasteiger partial charge in [0, 0.05) is 25.7 Å². The molecule has 5 atom stereocenters. The van der Waals surface area contributed by atoms with E-state index in [1.807, 2.05) is 0 Å². The molecule has 0 saturated carbocycles. The van der Waals surface area contributed by atoms with Crippen LogP contribution in [0, 0.1) is 17.8 Å². The largest absolute Gasteiger partial charge is 0.472 e. The summed E-state index contributed by atoms with van der Waals surface area (Å²) < 4.78 is 68.6. The summed E-state index contributed by atoms with van der Waals surface area (Å²) in [7, 11) is -9.92. The molecule has 0 radical (unpaired) electrons. The molecular formula is C78H152O17P2. The molecular weight excluding hydrogens is 1270 g/mol. The maximum absolute atomic E-state index is 13.1. The Morgan fingerprint density at radius 1 is 0.278 bits per heavy atom. The summed E-state index contributed by atoms with van der Waals surface area (Å²) in [4.78, 5) is 72.9. The fraction of sp³-hybridized carbons (Fsp3) is 0.949. The van der Waals surface area contributed by atoms with E-state index in [0.717, 1.165) is 108 Å². The minimum absolute atomic E-state index is 0.106. The molecule has 0 aromatic carbocycles. The van der Waals surface area contributed by atoms with Gasteiger partial charge in [0.25, 0.3) is 0 Å². The lowest BCUT2D eigenvalue weighted by molar-refractivity contribution is -0.161. The second-order valence-electron chi connectivity index (χ2n) is 29.5. The summed E-state index contributed by atoms with van der Waals surface area (Å²) in [6.07, 6.45) is 55.4. The summed E-state index contributed by atoms with van der Waals surface area (Å²) in [5, 5.41) is 10.6. The zero-order valence-electron chi connectivity index (χ0n) is 63.5. The molecule has 0 saturated heterocycles. The van der Waals surface area contributed by atoms with E-state index in [9.17, 15) is 43.2 Å². The first-order chi connectivity index (χ1) is 46.7. The summed E-state index contributed by atoms with van der Waals surface area (Å²) >= 11 is 0. The zero-order chi connectivity index (χ0) is 71.6. The minimum Gasteiger partial charge on any atom is -0.462 e. The van der Waals surface area contributed by atoms with Gasteiger partial charge in [0.1, 0.15) is 19.3 Å². The minimum atomic E-state index is -4.96. The van der Waals surface area contributed by atoms with Gasteiger partial charge < -0.3 is 33.8 Å². The Morgan fingerprint density at radius 3 is 0.701 bits per heavy atom. The molecule has 0 heterocycles. The smallest absolute Gasteiger partial charge is 0.462 e. The molecule has 17 nitrogen and oxygen atoms in total. The Hall–Kier alpha value is -1.94. The van der Waals surface area contributed by atoms with Crippen molar-refractivity contribution in [3.05, 3.63) is 0 Å². The number of aliphatic hydroxyl groups excluding tert-OH is 1. The predicted molar refractivity (Wildman–Crippen MR) is 395 cm³/mol. The highest BCUT2D eigenvalue weighted by molar-refractivity contribution is 7.47. The van der Waals surface area contributed by atoms with Crippen molar-refractivity contribution in [2.45, 2.75) is 420 Å². The van der Waals surface area contributed by atoms with E-state index >= 15 is 0 Å². The van der Waals surface area contributed by atoms with Crippen LogP contribution in [-0.2, 0) is 65.4 Å². The lowest BCUT2D eigenvalue weighted by atomic mass is 10.0. The Morgan fingerprint density at radius 2 is 0.474 bits per heavy atom. The van der Waals surface area contributed by atoms with Gasteiger partial charge in [-0.25, -0.2) is 9.13 Å². The average molecular weight is 1420 g/mol. The number of esters is 4. The topological polar surface area (TPSA) is 237 Å². The molecule has 576 valence electrons. The second-order valence-corrected chi connectivity index (χ2v) is 32.4. The number of hydrogen-bond acceptors (Lipinski definition) is 15. The van der Waals surface area contributed by atoms with Crippen molar-refractivity contribution < 1.29 is 80.2 Å². The van der Waals surface area contributed by atoms with Crippen LogP contribution in [0.1, 0.15) is 402 Å². The third-order valence-corrected chi connectivity index (χ3v) is 20.0. The van der Waals surface area contributed by atoms with Crippen molar-refractivity contribution in [1.82, 2.24) is 0 Å². The molecule has 3 N–H and O–H groups in total. The van der Waals surface area contributed by atoms with Gasteiger partial charge in [-0.15, -0.1) is 0 Å². The van der Waals surface area contributed by atoms with Crippen LogP contribution in [0.2, 0.25) is 0 Å². The molecule has 0 aliphatic rings. The fourth-order valence-electron chi connectivity index (χ4n) is 12.0. The number of phosphoric ester groups is 2. The zero-order valence-corrected chi connectivity index (χ0v) is 65.3. The molecule has 0 aromatic rings. The van der Waals surface area contributed by atoms with Crippen molar-refractivity contribution in [3.63, 3.8) is 0 Å². The number of hydrogen-bond donors (Lipinski definition) is 3. The van der Waals surface area contributed by atoms with E-state index in [4.69, 9.17) is 37.0 Å². The molecule has 0 amide bonds. The number of carbonyl (C=O) groups excluding carboxylic acids is 4. The molecule has 0 spiro atoms. The SMILES string of the molecule is CCCCCCCCCCCCCCCCCC(=O)OC[C@H](COP(=O)(O)OC[C@@H](O)COP(=O)(O)OC[C@@H](COC(=O)CCCCCCCCCCCC(C)C)OC(=O)CCCCCCCCCCCCC(C)C)OC(=O)CCCCCCCCCCCCCCCCC(C)C.